The van der Waals surface area contributed by atoms with Crippen LogP contribution in [0.15, 0.2) is 42.6 Å². The van der Waals surface area contributed by atoms with Crippen LogP contribution >= 0.6 is 12.4 Å². The zero-order valence-electron chi connectivity index (χ0n) is 9.78. The van der Waals surface area contributed by atoms with Gasteiger partial charge in [0.25, 0.3) is 0 Å². The highest BCUT2D eigenvalue weighted by Gasteiger charge is 2.35. The summed E-state index contributed by atoms with van der Waals surface area (Å²) in [6.45, 7) is 0. The smallest absolute Gasteiger partial charge is 0.115 e. The summed E-state index contributed by atoms with van der Waals surface area (Å²) in [5.74, 6) is 0.728. The van der Waals surface area contributed by atoms with Crippen LogP contribution in [0, 0.1) is 0 Å². The van der Waals surface area contributed by atoms with Crippen molar-refractivity contribution in [3.05, 3.63) is 48.3 Å². The van der Waals surface area contributed by atoms with Crippen LogP contribution in [0.4, 0.5) is 0 Å². The van der Waals surface area contributed by atoms with Crippen LogP contribution in [0.3, 0.4) is 0 Å². The van der Waals surface area contributed by atoms with E-state index in [0.717, 1.165) is 23.2 Å². The third-order valence-electron chi connectivity index (χ3n) is 3.21. The van der Waals surface area contributed by atoms with Crippen LogP contribution in [0.1, 0.15) is 18.0 Å². The van der Waals surface area contributed by atoms with E-state index in [1.165, 1.54) is 0 Å². The molecule has 0 amide bonds. The van der Waals surface area contributed by atoms with Crippen LogP contribution in [0.25, 0.3) is 11.1 Å². The highest BCUT2D eigenvalue weighted by molar-refractivity contribution is 5.85. The van der Waals surface area contributed by atoms with E-state index in [0.29, 0.717) is 12.0 Å². The normalized spacial score (nSPS) is 21.2. The number of nitrogens with two attached hydrogens (primary N) is 1. The van der Waals surface area contributed by atoms with E-state index >= 15 is 0 Å². The zero-order chi connectivity index (χ0) is 11.8. The molecule has 0 radical (unpaired) electrons. The highest BCUT2D eigenvalue weighted by Crippen LogP contribution is 2.38. The van der Waals surface area contributed by atoms with Gasteiger partial charge in [0.15, 0.2) is 0 Å². The van der Waals surface area contributed by atoms with Crippen molar-refractivity contribution in [1.82, 2.24) is 4.98 Å². The van der Waals surface area contributed by atoms with Crippen molar-refractivity contribution in [2.75, 3.05) is 0 Å². The Morgan fingerprint density at radius 2 is 1.67 bits per heavy atom. The molecule has 1 aliphatic carbocycles. The lowest BCUT2D eigenvalue weighted by atomic mass is 10.1. The van der Waals surface area contributed by atoms with Crippen molar-refractivity contribution in [3.8, 4) is 16.9 Å². The Morgan fingerprint density at radius 1 is 1.06 bits per heavy atom. The summed E-state index contributed by atoms with van der Waals surface area (Å²) in [7, 11) is 0. The molecule has 1 saturated carbocycles. The molecule has 0 bridgehead atoms. The number of aromatic hydroxyl groups is 1. The number of hydrogen-bond acceptors (Lipinski definition) is 3. The molecule has 1 aromatic carbocycles. The van der Waals surface area contributed by atoms with Gasteiger partial charge < -0.3 is 10.8 Å². The number of benzene rings is 1. The first-order chi connectivity index (χ1) is 8.24. The summed E-state index contributed by atoms with van der Waals surface area (Å²) >= 11 is 0. The quantitative estimate of drug-likeness (QED) is 0.875. The van der Waals surface area contributed by atoms with Gasteiger partial charge in [-0.3, -0.25) is 4.98 Å². The maximum absolute atomic E-state index is 9.23. The van der Waals surface area contributed by atoms with Crippen molar-refractivity contribution in [3.63, 3.8) is 0 Å². The predicted octanol–water partition coefficient (Wildman–Crippen LogP) is 2.69. The van der Waals surface area contributed by atoms with E-state index in [-0.39, 0.29) is 18.2 Å². The summed E-state index contributed by atoms with van der Waals surface area (Å²) in [6, 6.07) is 11.5. The summed E-state index contributed by atoms with van der Waals surface area (Å²) in [4.78, 5) is 4.45. The second-order valence-electron chi connectivity index (χ2n) is 4.52. The predicted molar refractivity (Wildman–Crippen MR) is 73.9 cm³/mol. The van der Waals surface area contributed by atoms with Gasteiger partial charge in [-0.2, -0.15) is 0 Å². The second-order valence-corrected chi connectivity index (χ2v) is 4.52. The molecule has 0 saturated heterocycles. The molecule has 18 heavy (non-hydrogen) atoms. The molecule has 94 valence electrons. The first-order valence-electron chi connectivity index (χ1n) is 5.75. The Bertz CT molecular complexity index is 524. The maximum atomic E-state index is 9.23. The number of aromatic nitrogens is 1. The highest BCUT2D eigenvalue weighted by atomic mass is 35.5. The van der Waals surface area contributed by atoms with Crippen molar-refractivity contribution in [1.29, 1.82) is 0 Å². The Labute approximate surface area is 112 Å². The molecule has 1 fully saturated rings. The molecule has 4 heteroatoms. The van der Waals surface area contributed by atoms with Gasteiger partial charge >= 0.3 is 0 Å². The largest absolute Gasteiger partial charge is 0.508 e. The van der Waals surface area contributed by atoms with Gasteiger partial charge in [0.1, 0.15) is 5.75 Å². The van der Waals surface area contributed by atoms with Gasteiger partial charge in [-0.1, -0.05) is 18.2 Å². The lowest BCUT2D eigenvalue weighted by Crippen LogP contribution is -2.01. The van der Waals surface area contributed by atoms with Crippen LogP contribution in [0.5, 0.6) is 5.75 Å². The Balaban J connectivity index is 0.00000120. The van der Waals surface area contributed by atoms with Gasteiger partial charge in [-0.05, 0) is 30.2 Å². The van der Waals surface area contributed by atoms with Gasteiger partial charge in [0, 0.05) is 29.4 Å². The second kappa shape index (κ2) is 4.96. The Kier molecular flexibility index (Phi) is 3.55. The number of pyridine rings is 1. The van der Waals surface area contributed by atoms with Crippen LogP contribution < -0.4 is 5.73 Å². The van der Waals surface area contributed by atoms with E-state index in [1.807, 2.05) is 24.4 Å². The molecule has 0 spiro atoms. The summed E-state index contributed by atoms with van der Waals surface area (Å²) in [5, 5.41) is 9.23. The fraction of sp³-hybridized carbons (Fsp3) is 0.214. The molecule has 3 N–H and O–H groups in total. The fourth-order valence-corrected chi connectivity index (χ4v) is 2.00. The summed E-state index contributed by atoms with van der Waals surface area (Å²) < 4.78 is 0. The molecule has 0 unspecified atom stereocenters. The third kappa shape index (κ3) is 2.47. The minimum Gasteiger partial charge on any atom is -0.508 e. The number of halogens is 1. The van der Waals surface area contributed by atoms with Crippen LogP contribution in [0.2, 0.25) is 0 Å². The summed E-state index contributed by atoms with van der Waals surface area (Å²) in [6.07, 6.45) is 2.91. The van der Waals surface area contributed by atoms with Gasteiger partial charge in [0.05, 0.1) is 0 Å². The Hall–Kier alpha value is -1.58. The molecule has 1 aromatic heterocycles. The standard InChI is InChI=1S/C14H14N2O.ClH/c15-13-7-12(13)14-6-3-10(8-16-14)9-1-4-11(17)5-2-9;/h1-6,8,12-13,17H,7,15H2;1H/t12-,13-;/m0./s1. The van der Waals surface area contributed by atoms with E-state index in [1.54, 1.807) is 12.1 Å². The molecule has 1 heterocycles. The van der Waals surface area contributed by atoms with Crippen molar-refractivity contribution < 1.29 is 5.11 Å². The average molecular weight is 263 g/mol. The molecule has 2 atom stereocenters. The number of phenolic OH excluding ortho intramolecular Hbond substituents is 1. The molecule has 3 rings (SSSR count). The van der Waals surface area contributed by atoms with E-state index in [4.69, 9.17) is 5.73 Å². The van der Waals surface area contributed by atoms with Crippen molar-refractivity contribution in [2.45, 2.75) is 18.4 Å². The van der Waals surface area contributed by atoms with Crippen molar-refractivity contribution >= 4 is 12.4 Å². The lowest BCUT2D eigenvalue weighted by Gasteiger charge is -2.03. The number of phenols is 1. The first-order valence-corrected chi connectivity index (χ1v) is 5.75. The molecular formula is C14H15ClN2O. The molecule has 2 aromatic rings. The summed E-state index contributed by atoms with van der Waals surface area (Å²) in [5.41, 5.74) is 9.00. The first kappa shape index (κ1) is 12.9. The molecular weight excluding hydrogens is 248 g/mol. The van der Waals surface area contributed by atoms with Gasteiger partial charge in [-0.25, -0.2) is 0 Å². The number of rotatable bonds is 2. The Morgan fingerprint density at radius 3 is 2.17 bits per heavy atom. The van der Waals surface area contributed by atoms with E-state index in [2.05, 4.69) is 11.1 Å². The van der Waals surface area contributed by atoms with Crippen LogP contribution in [-0.4, -0.2) is 16.1 Å². The molecule has 1 aliphatic rings. The van der Waals surface area contributed by atoms with E-state index in [9.17, 15) is 5.11 Å². The lowest BCUT2D eigenvalue weighted by molar-refractivity contribution is 0.475. The number of nitrogens with zero attached hydrogens (tertiary/aromatic N) is 1. The van der Waals surface area contributed by atoms with Gasteiger partial charge in [0.2, 0.25) is 0 Å². The average Bonchev–Trinajstić information content (AvgIpc) is 3.08. The third-order valence-corrected chi connectivity index (χ3v) is 3.21. The number of hydrogen-bond donors (Lipinski definition) is 2. The minimum atomic E-state index is 0. The fourth-order valence-electron chi connectivity index (χ4n) is 2.00. The minimum absolute atomic E-state index is 0. The van der Waals surface area contributed by atoms with E-state index < -0.39 is 0 Å². The molecule has 3 nitrogen and oxygen atoms in total. The van der Waals surface area contributed by atoms with Crippen LogP contribution in [-0.2, 0) is 0 Å². The monoisotopic (exact) mass is 262 g/mol. The SMILES string of the molecule is Cl.N[C@H]1C[C@@H]1c1ccc(-c2ccc(O)cc2)cn1. The zero-order valence-corrected chi connectivity index (χ0v) is 10.6. The van der Waals surface area contributed by atoms with Gasteiger partial charge in [-0.15, -0.1) is 12.4 Å². The molecule has 0 aliphatic heterocycles. The van der Waals surface area contributed by atoms with Crippen molar-refractivity contribution in [2.24, 2.45) is 5.73 Å². The maximum Gasteiger partial charge on any atom is 0.115 e. The topological polar surface area (TPSA) is 59.1 Å².